The third kappa shape index (κ3) is 4.07. The maximum Gasteiger partial charge on any atom is 0.351 e. The van der Waals surface area contributed by atoms with Gasteiger partial charge >= 0.3 is 11.7 Å². The summed E-state index contributed by atoms with van der Waals surface area (Å²) in [6.07, 6.45) is -4.22. The molecule has 0 bridgehead atoms. The van der Waals surface area contributed by atoms with Crippen LogP contribution in [0.15, 0.2) is 22.2 Å². The number of azide groups is 1. The third-order valence-corrected chi connectivity index (χ3v) is 4.46. The summed E-state index contributed by atoms with van der Waals surface area (Å²) >= 11 is 0. The van der Waals surface area contributed by atoms with Gasteiger partial charge in [-0.05, 0) is 17.5 Å². The summed E-state index contributed by atoms with van der Waals surface area (Å²) in [5.74, 6) is -1.30. The van der Waals surface area contributed by atoms with Crippen LogP contribution in [0.5, 0.6) is 0 Å². The average Bonchev–Trinajstić information content (AvgIpc) is 2.92. The first-order chi connectivity index (χ1) is 13.2. The molecule has 2 rings (SSSR count). The van der Waals surface area contributed by atoms with E-state index >= 15 is 4.39 Å². The van der Waals surface area contributed by atoms with Crippen LogP contribution in [-0.2, 0) is 14.3 Å². The Hall–Kier alpha value is -2.73. The van der Waals surface area contributed by atoms with Gasteiger partial charge in [0.05, 0.1) is 13.2 Å². The lowest BCUT2D eigenvalue weighted by Crippen LogP contribution is -2.52. The Balaban J connectivity index is 2.44. The van der Waals surface area contributed by atoms with Gasteiger partial charge in [0.25, 0.3) is 0 Å². The fourth-order valence-electron chi connectivity index (χ4n) is 2.75. The van der Waals surface area contributed by atoms with Gasteiger partial charge in [-0.2, -0.15) is 4.98 Å². The molecule has 1 aliphatic rings. The molecule has 28 heavy (non-hydrogen) atoms. The lowest BCUT2D eigenvalue weighted by molar-refractivity contribution is -0.169. The van der Waals surface area contributed by atoms with Crippen molar-refractivity contribution < 1.29 is 23.8 Å². The van der Waals surface area contributed by atoms with Crippen molar-refractivity contribution in [2.45, 2.75) is 44.0 Å². The zero-order valence-corrected chi connectivity index (χ0v) is 15.3. The summed E-state index contributed by atoms with van der Waals surface area (Å²) < 4.78 is 26.8. The first-order valence-electron chi connectivity index (χ1n) is 8.41. The number of aliphatic hydroxyl groups excluding tert-OH is 1. The Morgan fingerprint density at radius 2 is 2.32 bits per heavy atom. The van der Waals surface area contributed by atoms with Crippen LogP contribution >= 0.6 is 0 Å². The van der Waals surface area contributed by atoms with Crippen molar-refractivity contribution >= 4 is 11.8 Å². The fraction of sp³-hybridized carbons (Fsp3) is 0.667. The Kier molecular flexibility index (Phi) is 6.56. The van der Waals surface area contributed by atoms with E-state index in [0.29, 0.717) is 0 Å². The normalized spacial score (nSPS) is 28.0. The van der Waals surface area contributed by atoms with Crippen LogP contribution in [0, 0.1) is 5.92 Å². The molecule has 0 saturated carbocycles. The molecule has 0 spiro atoms. The number of hydrogen-bond donors (Lipinski definition) is 3. The monoisotopic (exact) mass is 399 g/mol. The average molecular weight is 399 g/mol. The molecule has 0 aromatic carbocycles. The Labute approximate surface area is 158 Å². The van der Waals surface area contributed by atoms with Gasteiger partial charge in [-0.3, -0.25) is 9.36 Å². The standard InChI is InChI=1S/C15H22FN7O5/c1-7(2)10(18)13(25)27-11-9(16)12(23-4-3-8(17)21-14(23)26)28-15(11,6-24)5-20-22-19/h3-4,7,9-12,24H,5-6,18H2,1-2H3,(H2,17,21,26)/t9-,10?,11+,12-,15-/m1/s1. The number of rotatable bonds is 7. The quantitative estimate of drug-likeness (QED) is 0.239. The summed E-state index contributed by atoms with van der Waals surface area (Å²) in [4.78, 5) is 30.4. The summed E-state index contributed by atoms with van der Waals surface area (Å²) in [7, 11) is 0. The van der Waals surface area contributed by atoms with E-state index in [1.165, 1.54) is 6.07 Å². The molecular weight excluding hydrogens is 377 g/mol. The number of aliphatic hydroxyl groups is 1. The van der Waals surface area contributed by atoms with Gasteiger partial charge in [0.15, 0.2) is 18.5 Å². The molecule has 1 unspecified atom stereocenters. The van der Waals surface area contributed by atoms with Crippen LogP contribution in [0.4, 0.5) is 10.2 Å². The minimum atomic E-state index is -2.09. The molecular formula is C15H22FN7O5. The largest absolute Gasteiger partial charge is 0.455 e. The molecule has 12 nitrogen and oxygen atoms in total. The van der Waals surface area contributed by atoms with Gasteiger partial charge in [-0.1, -0.05) is 19.0 Å². The zero-order chi connectivity index (χ0) is 21.1. The van der Waals surface area contributed by atoms with Gasteiger partial charge in [-0.15, -0.1) is 0 Å². The number of aromatic nitrogens is 2. The van der Waals surface area contributed by atoms with Crippen molar-refractivity contribution in [1.29, 1.82) is 0 Å². The Morgan fingerprint density at radius 3 is 2.86 bits per heavy atom. The van der Waals surface area contributed by atoms with Crippen LogP contribution in [0.1, 0.15) is 20.1 Å². The molecule has 0 radical (unpaired) electrons. The van der Waals surface area contributed by atoms with Crippen molar-refractivity contribution in [1.82, 2.24) is 9.55 Å². The molecule has 0 amide bonds. The van der Waals surface area contributed by atoms with Crippen molar-refractivity contribution in [2.24, 2.45) is 16.8 Å². The smallest absolute Gasteiger partial charge is 0.351 e. The summed E-state index contributed by atoms with van der Waals surface area (Å²) in [5, 5.41) is 13.2. The van der Waals surface area contributed by atoms with Crippen LogP contribution < -0.4 is 17.2 Å². The number of hydrogen-bond acceptors (Lipinski definition) is 9. The molecule has 154 valence electrons. The second kappa shape index (κ2) is 8.52. The lowest BCUT2D eigenvalue weighted by Gasteiger charge is -2.31. The number of carbonyl (C=O) groups is 1. The number of nitrogens with zero attached hydrogens (tertiary/aromatic N) is 5. The number of nitrogen functional groups attached to an aromatic ring is 1. The number of ether oxygens (including phenoxy) is 2. The van der Waals surface area contributed by atoms with Crippen LogP contribution in [0.2, 0.25) is 0 Å². The van der Waals surface area contributed by atoms with E-state index < -0.39 is 55.0 Å². The van der Waals surface area contributed by atoms with E-state index in [1.54, 1.807) is 13.8 Å². The van der Waals surface area contributed by atoms with Gasteiger partial charge in [0.2, 0.25) is 0 Å². The van der Waals surface area contributed by atoms with E-state index in [1.807, 2.05) is 0 Å². The number of carbonyl (C=O) groups excluding carboxylic acids is 1. The highest BCUT2D eigenvalue weighted by Crippen LogP contribution is 2.41. The molecule has 1 fully saturated rings. The highest BCUT2D eigenvalue weighted by molar-refractivity contribution is 5.76. The maximum atomic E-state index is 15.2. The topological polar surface area (TPSA) is 191 Å². The Morgan fingerprint density at radius 1 is 1.64 bits per heavy atom. The number of nitrogens with two attached hydrogens (primary N) is 2. The number of halogens is 1. The zero-order valence-electron chi connectivity index (χ0n) is 15.3. The molecule has 1 saturated heterocycles. The molecule has 1 aliphatic heterocycles. The summed E-state index contributed by atoms with van der Waals surface area (Å²) in [6.45, 7) is 1.94. The summed E-state index contributed by atoms with van der Waals surface area (Å²) in [5.41, 5.74) is 17.0. The molecule has 0 aliphatic carbocycles. The minimum absolute atomic E-state index is 0.0805. The van der Waals surface area contributed by atoms with Gasteiger partial charge in [0, 0.05) is 11.1 Å². The highest BCUT2D eigenvalue weighted by Gasteiger charge is 2.58. The van der Waals surface area contributed by atoms with Crippen molar-refractivity contribution in [2.75, 3.05) is 18.9 Å². The van der Waals surface area contributed by atoms with E-state index in [9.17, 15) is 14.7 Å². The Bertz CT molecular complexity index is 827. The lowest BCUT2D eigenvalue weighted by atomic mass is 9.96. The third-order valence-electron chi connectivity index (χ3n) is 4.46. The van der Waals surface area contributed by atoms with Crippen molar-refractivity contribution in [3.05, 3.63) is 33.2 Å². The predicted octanol–water partition coefficient (Wildman–Crippen LogP) is -0.371. The van der Waals surface area contributed by atoms with Crippen LogP contribution in [-0.4, -0.2) is 57.7 Å². The SMILES string of the molecule is CC(C)C(N)C(=O)O[C@H]1[C@@H](F)[C@H](n2ccc(N)nc2=O)O[C@@]1(CO)CN=[N+]=[N-]. The molecule has 2 heterocycles. The van der Waals surface area contributed by atoms with E-state index in [0.717, 1.165) is 10.8 Å². The van der Waals surface area contributed by atoms with Crippen molar-refractivity contribution in [3.63, 3.8) is 0 Å². The van der Waals surface area contributed by atoms with Crippen LogP contribution in [0.3, 0.4) is 0 Å². The fourth-order valence-corrected chi connectivity index (χ4v) is 2.75. The van der Waals surface area contributed by atoms with E-state index in [-0.39, 0.29) is 11.7 Å². The van der Waals surface area contributed by atoms with Crippen molar-refractivity contribution in [3.8, 4) is 0 Å². The number of esters is 1. The second-order valence-electron chi connectivity index (χ2n) is 6.73. The van der Waals surface area contributed by atoms with Crippen LogP contribution in [0.25, 0.3) is 10.4 Å². The highest BCUT2D eigenvalue weighted by atomic mass is 19.1. The molecule has 1 aromatic rings. The molecule has 5 atom stereocenters. The van der Waals surface area contributed by atoms with Gasteiger partial charge in [0.1, 0.15) is 17.5 Å². The van der Waals surface area contributed by atoms with E-state index in [2.05, 4.69) is 15.0 Å². The maximum absolute atomic E-state index is 15.2. The first-order valence-corrected chi connectivity index (χ1v) is 8.41. The molecule has 1 aromatic heterocycles. The first kappa shape index (κ1) is 21.6. The summed E-state index contributed by atoms with van der Waals surface area (Å²) in [6, 6.07) is 0.197. The molecule has 5 N–H and O–H groups in total. The predicted molar refractivity (Wildman–Crippen MR) is 94.5 cm³/mol. The van der Waals surface area contributed by atoms with Gasteiger partial charge in [-0.25, -0.2) is 9.18 Å². The second-order valence-corrected chi connectivity index (χ2v) is 6.73. The molecule has 13 heteroatoms. The van der Waals surface area contributed by atoms with E-state index in [4.69, 9.17) is 26.5 Å². The number of alkyl halides is 1. The number of anilines is 1. The minimum Gasteiger partial charge on any atom is -0.455 e. The van der Waals surface area contributed by atoms with Gasteiger partial charge < -0.3 is 26.0 Å².